The number of nitrogens with zero attached hydrogens (tertiary/aromatic N) is 5. The van der Waals surface area contributed by atoms with Gasteiger partial charge in [-0.3, -0.25) is 4.57 Å². The van der Waals surface area contributed by atoms with E-state index in [9.17, 15) is 0 Å². The molecule has 416 valence electrons. The molecule has 0 saturated carbocycles. The van der Waals surface area contributed by atoms with E-state index in [0.29, 0.717) is 5.82 Å². The van der Waals surface area contributed by atoms with Gasteiger partial charge in [-0.05, 0) is 145 Å². The maximum Gasteiger partial charge on any atom is 0.162 e. The zero-order valence-corrected chi connectivity index (χ0v) is 50.1. The molecule has 0 radical (unpaired) electrons. The van der Waals surface area contributed by atoms with Crippen LogP contribution in [0.2, 0.25) is 0 Å². The normalized spacial score (nSPS) is 12.1. The lowest BCUT2D eigenvalue weighted by Crippen LogP contribution is -2.20. The summed E-state index contributed by atoms with van der Waals surface area (Å²) in [5, 5.41) is 4.67. The Kier molecular flexibility index (Phi) is 13.9. The van der Waals surface area contributed by atoms with Gasteiger partial charge < -0.3 is 9.80 Å². The second-order valence-corrected chi connectivity index (χ2v) is 25.6. The molecule has 0 amide bonds. The third kappa shape index (κ3) is 10.6. The van der Waals surface area contributed by atoms with Gasteiger partial charge in [-0.15, -0.1) is 0 Å². The number of aromatic nitrogens is 3. The zero-order chi connectivity index (χ0) is 58.6. The highest BCUT2D eigenvalue weighted by molar-refractivity contribution is 6.09. The Bertz CT molecular complexity index is 4480. The highest BCUT2D eigenvalue weighted by Crippen LogP contribution is 2.52. The zero-order valence-electron chi connectivity index (χ0n) is 50.1. The lowest BCUT2D eigenvalue weighted by Gasteiger charge is -2.36. The van der Waals surface area contributed by atoms with E-state index >= 15 is 0 Å². The summed E-state index contributed by atoms with van der Waals surface area (Å²) < 4.78 is 2.30. The van der Waals surface area contributed by atoms with Gasteiger partial charge in [0.15, 0.2) is 5.82 Å². The van der Waals surface area contributed by atoms with Crippen molar-refractivity contribution in [2.75, 3.05) is 9.80 Å². The summed E-state index contributed by atoms with van der Waals surface area (Å²) >= 11 is 0. The summed E-state index contributed by atoms with van der Waals surface area (Å²) in [6, 6.07) is 97.4. The van der Waals surface area contributed by atoms with Crippen LogP contribution in [0.25, 0.3) is 83.3 Å². The van der Waals surface area contributed by atoms with Crippen molar-refractivity contribution >= 4 is 66.7 Å². The lowest BCUT2D eigenvalue weighted by atomic mass is 9.83. The second kappa shape index (κ2) is 21.7. The van der Waals surface area contributed by atoms with E-state index in [1.165, 1.54) is 38.6 Å². The molecular formula is C80H71N5. The quantitative estimate of drug-likeness (QED) is 0.129. The minimum atomic E-state index is -0.246. The summed E-state index contributed by atoms with van der Waals surface area (Å²) in [6.45, 7) is 20.7. The van der Waals surface area contributed by atoms with Crippen LogP contribution in [0.1, 0.15) is 79.0 Å². The average Bonchev–Trinajstić information content (AvgIpc) is 2.24. The number of rotatable bonds is 11. The van der Waals surface area contributed by atoms with Crippen molar-refractivity contribution in [3.8, 4) is 50.7 Å². The predicted octanol–water partition coefficient (Wildman–Crippen LogP) is 22.2. The first-order valence-corrected chi connectivity index (χ1v) is 29.7. The van der Waals surface area contributed by atoms with E-state index in [2.05, 4.69) is 344 Å². The highest BCUT2D eigenvalue weighted by Gasteiger charge is 2.30. The summed E-state index contributed by atoms with van der Waals surface area (Å²) in [6.07, 6.45) is 0. The molecule has 0 N–H and O–H groups in total. The van der Waals surface area contributed by atoms with Crippen molar-refractivity contribution < 1.29 is 0 Å². The van der Waals surface area contributed by atoms with Gasteiger partial charge in [-0.2, -0.15) is 0 Å². The monoisotopic (exact) mass is 1100 g/mol. The topological polar surface area (TPSA) is 37.2 Å². The number of fused-ring (bicyclic) bond motifs is 4. The molecule has 0 aliphatic rings. The molecule has 5 heteroatoms. The molecule has 13 rings (SSSR count). The lowest BCUT2D eigenvalue weighted by molar-refractivity contribution is 0.589. The van der Waals surface area contributed by atoms with E-state index < -0.39 is 0 Å². The van der Waals surface area contributed by atoms with E-state index in [1.807, 2.05) is 0 Å². The molecule has 13 aromatic rings. The van der Waals surface area contributed by atoms with Gasteiger partial charge in [0.05, 0.1) is 28.1 Å². The van der Waals surface area contributed by atoms with Crippen LogP contribution in [-0.2, 0) is 16.2 Å². The molecule has 85 heavy (non-hydrogen) atoms. The molecule has 11 aromatic carbocycles. The van der Waals surface area contributed by atoms with Crippen molar-refractivity contribution in [3.63, 3.8) is 0 Å². The first-order chi connectivity index (χ1) is 41.0. The minimum absolute atomic E-state index is 0.0197. The standard InChI is InChI=1S/C80H71N5/c1-78(2,3)59-39-47-64(48-40-59)83(62-43-35-55(36-44-62)54-23-12-10-13-24-54)73-51-61(80(7,8)9)52-74(76(73)57-26-14-11-15-27-57)84(65-49-41-60(42-50-65)79(4,5)6)63-45-37-58(38-46-63)77-81-70(67-32-22-28-56-25-16-17-29-66(56)67)53-75(82-77)85-71-33-20-18-30-68(71)69-31-19-21-34-72(69)85/h10-53H,1-9H3. The van der Waals surface area contributed by atoms with Gasteiger partial charge in [-0.1, -0.05) is 238 Å². The minimum Gasteiger partial charge on any atom is -0.310 e. The number of para-hydroxylation sites is 2. The molecule has 0 saturated heterocycles. The Morgan fingerprint density at radius 3 is 1.21 bits per heavy atom. The van der Waals surface area contributed by atoms with Crippen LogP contribution in [0.3, 0.4) is 0 Å². The highest BCUT2D eigenvalue weighted by atomic mass is 15.2. The molecular weight excluding hydrogens is 1030 g/mol. The number of hydrogen-bond donors (Lipinski definition) is 0. The van der Waals surface area contributed by atoms with Crippen LogP contribution >= 0.6 is 0 Å². The fourth-order valence-electron chi connectivity index (χ4n) is 12.0. The first kappa shape index (κ1) is 54.4. The predicted molar refractivity (Wildman–Crippen MR) is 361 cm³/mol. The average molecular weight is 1100 g/mol. The van der Waals surface area contributed by atoms with Gasteiger partial charge in [0, 0.05) is 56.3 Å². The Labute approximate surface area is 501 Å². The molecule has 0 bridgehead atoms. The smallest absolute Gasteiger partial charge is 0.162 e. The van der Waals surface area contributed by atoms with Gasteiger partial charge in [0.2, 0.25) is 0 Å². The summed E-state index contributed by atoms with van der Waals surface area (Å²) in [4.78, 5) is 16.0. The van der Waals surface area contributed by atoms with Crippen molar-refractivity contribution in [2.45, 2.75) is 78.6 Å². The van der Waals surface area contributed by atoms with Crippen molar-refractivity contribution in [1.82, 2.24) is 14.5 Å². The van der Waals surface area contributed by atoms with Crippen LogP contribution < -0.4 is 9.80 Å². The maximum absolute atomic E-state index is 5.53. The molecule has 0 atom stereocenters. The largest absolute Gasteiger partial charge is 0.310 e. The van der Waals surface area contributed by atoms with Gasteiger partial charge >= 0.3 is 0 Å². The number of benzene rings is 11. The summed E-state index contributed by atoms with van der Waals surface area (Å²) in [5.74, 6) is 1.45. The Morgan fingerprint density at radius 1 is 0.318 bits per heavy atom. The van der Waals surface area contributed by atoms with Gasteiger partial charge in [0.25, 0.3) is 0 Å². The molecule has 0 aliphatic carbocycles. The van der Waals surface area contributed by atoms with Crippen molar-refractivity contribution in [2.24, 2.45) is 0 Å². The van der Waals surface area contributed by atoms with Gasteiger partial charge in [0.1, 0.15) is 5.82 Å². The summed E-state index contributed by atoms with van der Waals surface area (Å²) in [5.41, 5.74) is 19.3. The third-order valence-electron chi connectivity index (χ3n) is 16.7. The summed E-state index contributed by atoms with van der Waals surface area (Å²) in [7, 11) is 0. The van der Waals surface area contributed by atoms with Crippen LogP contribution in [-0.4, -0.2) is 14.5 Å². The Morgan fingerprint density at radius 2 is 0.718 bits per heavy atom. The van der Waals surface area contributed by atoms with Crippen LogP contribution in [0, 0.1) is 0 Å². The molecule has 0 spiro atoms. The number of hydrogen-bond acceptors (Lipinski definition) is 4. The third-order valence-corrected chi connectivity index (χ3v) is 16.7. The van der Waals surface area contributed by atoms with Crippen LogP contribution in [0.5, 0.6) is 0 Å². The van der Waals surface area contributed by atoms with Gasteiger partial charge in [-0.25, -0.2) is 9.97 Å². The SMILES string of the molecule is CC(C)(C)c1ccc(N(c2ccc(-c3ccccc3)cc2)c2cc(C(C)(C)C)cc(N(c3ccc(-c4nc(-c5cccc6ccccc56)cc(-n5c6ccccc6c6ccccc65)n4)cc3)c3ccc(C(C)(C)C)cc3)c2-c2ccccc2)cc1. The fourth-order valence-corrected chi connectivity index (χ4v) is 12.0. The molecule has 5 nitrogen and oxygen atoms in total. The Hall–Kier alpha value is -9.84. The van der Waals surface area contributed by atoms with Crippen molar-refractivity contribution in [1.29, 1.82) is 0 Å². The maximum atomic E-state index is 5.53. The van der Waals surface area contributed by atoms with Crippen molar-refractivity contribution in [3.05, 3.63) is 284 Å². The van der Waals surface area contributed by atoms with Crippen LogP contribution in [0.4, 0.5) is 34.1 Å². The molecule has 0 aliphatic heterocycles. The molecule has 2 heterocycles. The van der Waals surface area contributed by atoms with E-state index in [1.54, 1.807) is 0 Å². The fraction of sp³-hybridized carbons (Fsp3) is 0.150. The molecule has 0 unspecified atom stereocenters. The molecule has 0 fully saturated rings. The van der Waals surface area contributed by atoms with E-state index in [4.69, 9.17) is 9.97 Å². The molecule has 2 aromatic heterocycles. The number of anilines is 6. The van der Waals surface area contributed by atoms with E-state index in [-0.39, 0.29) is 16.2 Å². The second-order valence-electron chi connectivity index (χ2n) is 25.6. The Balaban J connectivity index is 1.04. The van der Waals surface area contributed by atoms with E-state index in [0.717, 1.165) is 89.7 Å². The van der Waals surface area contributed by atoms with Crippen LogP contribution in [0.15, 0.2) is 267 Å². The first-order valence-electron chi connectivity index (χ1n) is 29.7.